The molecule has 1 aromatic rings. The molecule has 2 heterocycles. The lowest BCUT2D eigenvalue weighted by Crippen LogP contribution is -2.21. The molecule has 0 radical (unpaired) electrons. The second-order valence-electron chi connectivity index (χ2n) is 11.5. The van der Waals surface area contributed by atoms with Crippen LogP contribution in [0, 0.1) is 11.8 Å². The molecule has 0 aromatic carbocycles. The number of Topliss-reactive ketones (excluding diaryl/α,β-unsaturated/α-hetero) is 1. The minimum Gasteiger partial charge on any atom is -0.506 e. The van der Waals surface area contributed by atoms with Gasteiger partial charge in [-0.05, 0) is 82.8 Å². The average molecular weight is 524 g/mol. The first-order chi connectivity index (χ1) is 16.9. The van der Waals surface area contributed by atoms with Crippen LogP contribution in [-0.4, -0.2) is 10.9 Å². The van der Waals surface area contributed by atoms with Gasteiger partial charge in [0, 0.05) is 24.0 Å². The van der Waals surface area contributed by atoms with Crippen LogP contribution < -0.4 is 0 Å². The number of allylic oxidation sites excluding steroid dienone is 8. The van der Waals surface area contributed by atoms with Gasteiger partial charge in [0.2, 0.25) is 26.9 Å². The van der Waals surface area contributed by atoms with Crippen LogP contribution in [0.25, 0.3) is 6.08 Å². The number of carbonyl (C=O) groups excluding carboxylic acids is 1. The highest BCUT2D eigenvalue weighted by Crippen LogP contribution is 2.40. The third-order valence-electron chi connectivity index (χ3n) is 6.47. The van der Waals surface area contributed by atoms with Gasteiger partial charge in [-0.1, -0.05) is 67.2 Å². The van der Waals surface area contributed by atoms with E-state index in [-0.39, 0.29) is 11.5 Å². The lowest BCUT2D eigenvalue weighted by Gasteiger charge is -2.21. The van der Waals surface area contributed by atoms with Crippen LogP contribution in [-0.2, 0) is 4.79 Å². The molecule has 1 aromatic heterocycles. The molecule has 0 atom stereocenters. The lowest BCUT2D eigenvalue weighted by molar-refractivity contribution is -0.113. The first kappa shape index (κ1) is 28.7. The van der Waals surface area contributed by atoms with Crippen molar-refractivity contribution in [3.63, 3.8) is 0 Å². The predicted octanol–water partition coefficient (Wildman–Crippen LogP) is 10.4. The van der Waals surface area contributed by atoms with Gasteiger partial charge in [0.25, 0.3) is 0 Å². The van der Waals surface area contributed by atoms with E-state index in [0.717, 1.165) is 36.8 Å². The molecule has 0 spiro atoms. The molecule has 3 rings (SSSR count). The van der Waals surface area contributed by atoms with E-state index in [1.165, 1.54) is 19.6 Å². The third-order valence-corrected chi connectivity index (χ3v) is 9.29. The van der Waals surface area contributed by atoms with Crippen molar-refractivity contribution in [2.75, 3.05) is 0 Å². The zero-order chi connectivity index (χ0) is 26.6. The number of aliphatic hydroxyl groups excluding tert-OH is 1. The van der Waals surface area contributed by atoms with Gasteiger partial charge in [0.15, 0.2) is 0 Å². The molecule has 0 fully saturated rings. The molecule has 194 valence electrons. The molecule has 1 aliphatic carbocycles. The monoisotopic (exact) mass is 523 g/mol. The van der Waals surface area contributed by atoms with Crippen molar-refractivity contribution in [3.05, 3.63) is 78.0 Å². The maximum Gasteiger partial charge on any atom is 0.218 e. The van der Waals surface area contributed by atoms with Crippen molar-refractivity contribution < 1.29 is 9.90 Å². The molecule has 1 aliphatic heterocycles. The minimum absolute atomic E-state index is 0.0720. The fourth-order valence-corrected chi connectivity index (χ4v) is 6.39. The molecule has 2 aliphatic rings. The fourth-order valence-electron chi connectivity index (χ4n) is 4.09. The first-order valence-electron chi connectivity index (χ1n) is 13.4. The average Bonchev–Trinajstić information content (AvgIpc) is 2.82. The Kier molecular flexibility index (Phi) is 10.00. The van der Waals surface area contributed by atoms with Gasteiger partial charge in [-0.15, -0.1) is 0 Å². The summed E-state index contributed by atoms with van der Waals surface area (Å²) in [6.45, 7) is 17.8. The van der Waals surface area contributed by atoms with Gasteiger partial charge >= 0.3 is 0 Å². The third kappa shape index (κ3) is 7.55. The number of hydrogen-bond acceptors (Lipinski definition) is 3. The molecule has 36 heavy (non-hydrogen) atoms. The van der Waals surface area contributed by atoms with Crippen LogP contribution in [0.1, 0.15) is 108 Å². The Hall–Kier alpha value is -1.91. The number of ketones is 1. The summed E-state index contributed by atoms with van der Waals surface area (Å²) in [5.74, 6) is 2.20. The van der Waals surface area contributed by atoms with Crippen molar-refractivity contribution in [2.45, 2.75) is 92.9 Å². The van der Waals surface area contributed by atoms with E-state index >= 15 is 0 Å². The highest BCUT2D eigenvalue weighted by atomic mass is 32.2. The number of hydrogen-bond donors (Lipinski definition) is 1. The number of aliphatic hydroxyl groups is 1. The quantitative estimate of drug-likeness (QED) is 0.245. The molecule has 0 bridgehead atoms. The Morgan fingerprint density at radius 3 is 1.75 bits per heavy atom. The molecular formula is C32H43O2S2+. The van der Waals surface area contributed by atoms with Crippen LogP contribution in [0.3, 0.4) is 0 Å². The standard InChI is InChI=1S/C32H42O2S2/c1-19(2)9-11-25-13-23(14-26(35-25)12-10-20(3)4)15-27-31(33)28(32(27)34)16-24-17-29(21(5)6)36-30(18-24)22(7)8/h13-22H,9-12H2,1-8H3/p+1. The summed E-state index contributed by atoms with van der Waals surface area (Å²) in [6, 6.07) is 4.30. The van der Waals surface area contributed by atoms with E-state index < -0.39 is 0 Å². The maximum atomic E-state index is 13.1. The van der Waals surface area contributed by atoms with Gasteiger partial charge < -0.3 is 5.11 Å². The summed E-state index contributed by atoms with van der Waals surface area (Å²) in [5, 5.41) is 10.9. The fraction of sp³-hybridized carbons (Fsp3) is 0.500. The molecule has 0 amide bonds. The van der Waals surface area contributed by atoms with Gasteiger partial charge in [0.05, 0.1) is 11.1 Å². The van der Waals surface area contributed by atoms with Crippen LogP contribution in [0.15, 0.2) is 62.6 Å². The van der Waals surface area contributed by atoms with Gasteiger partial charge in [0.1, 0.15) is 5.76 Å². The Bertz CT molecular complexity index is 1080. The van der Waals surface area contributed by atoms with Crippen molar-refractivity contribution in [1.29, 1.82) is 0 Å². The summed E-state index contributed by atoms with van der Waals surface area (Å²) in [7, 11) is 0. The van der Waals surface area contributed by atoms with Gasteiger partial charge in [-0.3, -0.25) is 4.79 Å². The molecule has 4 heteroatoms. The summed E-state index contributed by atoms with van der Waals surface area (Å²) in [4.78, 5) is 18.4. The van der Waals surface area contributed by atoms with Gasteiger partial charge in [-0.25, -0.2) is 0 Å². The topological polar surface area (TPSA) is 37.3 Å². The SMILES string of the molecule is CC(C)CCC1=CC(=CC2=C(O)C(=Cc3cc(C(C)C)[s+]c(C(C)C)c3)C2=O)C=C(CCC(C)C)S1. The number of thioether (sulfide) groups is 1. The van der Waals surface area contributed by atoms with Crippen LogP contribution in [0.4, 0.5) is 0 Å². The van der Waals surface area contributed by atoms with E-state index in [0.29, 0.717) is 34.8 Å². The molecule has 1 N–H and O–H groups in total. The smallest absolute Gasteiger partial charge is 0.218 e. The zero-order valence-electron chi connectivity index (χ0n) is 23.3. The predicted molar refractivity (Wildman–Crippen MR) is 160 cm³/mol. The summed E-state index contributed by atoms with van der Waals surface area (Å²) >= 11 is 3.72. The highest BCUT2D eigenvalue weighted by Gasteiger charge is 2.33. The molecular weight excluding hydrogens is 480 g/mol. The first-order valence-corrected chi connectivity index (χ1v) is 15.1. The van der Waals surface area contributed by atoms with E-state index in [2.05, 4.69) is 79.7 Å². The summed E-state index contributed by atoms with van der Waals surface area (Å²) < 4.78 is 0. The highest BCUT2D eigenvalue weighted by molar-refractivity contribution is 8.06. The van der Waals surface area contributed by atoms with E-state index in [1.807, 2.05) is 35.3 Å². The number of carbonyl (C=O) groups is 1. The second kappa shape index (κ2) is 12.6. The van der Waals surface area contributed by atoms with Crippen LogP contribution >= 0.6 is 23.1 Å². The van der Waals surface area contributed by atoms with Crippen molar-refractivity contribution in [1.82, 2.24) is 0 Å². The summed E-state index contributed by atoms with van der Waals surface area (Å²) in [5.41, 5.74) is 2.85. The minimum atomic E-state index is -0.0720. The number of rotatable bonds is 10. The molecule has 0 unspecified atom stereocenters. The molecule has 2 nitrogen and oxygen atoms in total. The van der Waals surface area contributed by atoms with E-state index in [9.17, 15) is 9.90 Å². The van der Waals surface area contributed by atoms with Crippen LogP contribution in [0.2, 0.25) is 0 Å². The molecule has 0 saturated heterocycles. The Balaban J connectivity index is 1.92. The van der Waals surface area contributed by atoms with Crippen molar-refractivity contribution in [3.8, 4) is 0 Å². The largest absolute Gasteiger partial charge is 0.506 e. The van der Waals surface area contributed by atoms with Crippen molar-refractivity contribution in [2.24, 2.45) is 11.8 Å². The molecule has 0 saturated carbocycles. The van der Waals surface area contributed by atoms with Gasteiger partial charge in [-0.2, -0.15) is 0 Å². The van der Waals surface area contributed by atoms with Crippen LogP contribution in [0.5, 0.6) is 0 Å². The zero-order valence-corrected chi connectivity index (χ0v) is 24.9. The summed E-state index contributed by atoms with van der Waals surface area (Å²) in [6.07, 6.45) is 12.5. The van der Waals surface area contributed by atoms with E-state index in [4.69, 9.17) is 0 Å². The Morgan fingerprint density at radius 1 is 0.833 bits per heavy atom. The Labute approximate surface area is 227 Å². The van der Waals surface area contributed by atoms with Crippen molar-refractivity contribution >= 4 is 35.0 Å². The normalized spacial score (nSPS) is 17.5. The lowest BCUT2D eigenvalue weighted by atomic mass is 9.85. The second-order valence-corrected chi connectivity index (χ2v) is 13.9. The van der Waals surface area contributed by atoms with E-state index in [1.54, 1.807) is 0 Å². The maximum absolute atomic E-state index is 13.1. The Morgan fingerprint density at radius 2 is 1.33 bits per heavy atom.